The smallest absolute Gasteiger partial charge is 0.233 e. The minimum Gasteiger partial charge on any atom is -0.361 e. The van der Waals surface area contributed by atoms with E-state index in [0.717, 1.165) is 73.7 Å². The van der Waals surface area contributed by atoms with E-state index in [-0.39, 0.29) is 18.2 Å². The van der Waals surface area contributed by atoms with Crippen LogP contribution in [0.4, 0.5) is 11.4 Å². The summed E-state index contributed by atoms with van der Waals surface area (Å²) in [7, 11) is 4.34. The molecule has 2 aromatic carbocycles. The molecule has 4 N–H and O–H groups in total. The summed E-state index contributed by atoms with van der Waals surface area (Å²) >= 11 is 0. The first kappa shape index (κ1) is 25.6. The summed E-state index contributed by atoms with van der Waals surface area (Å²) in [5, 5.41) is 8.15. The highest BCUT2D eigenvalue weighted by Gasteiger charge is 2.23. The maximum Gasteiger partial charge on any atom is 0.233 e. The van der Waals surface area contributed by atoms with Crippen LogP contribution in [-0.2, 0) is 9.59 Å². The van der Waals surface area contributed by atoms with Crippen molar-refractivity contribution in [2.24, 2.45) is 0 Å². The van der Waals surface area contributed by atoms with Gasteiger partial charge in [0.15, 0.2) is 0 Å². The maximum atomic E-state index is 12.8. The first-order valence-electron chi connectivity index (χ1n) is 14.1. The molecule has 0 spiro atoms. The topological polar surface area (TPSA) is 96.3 Å². The maximum absolute atomic E-state index is 12.8. The highest BCUT2D eigenvalue weighted by Crippen LogP contribution is 2.35. The lowest BCUT2D eigenvalue weighted by atomic mass is 9.89. The van der Waals surface area contributed by atoms with Gasteiger partial charge in [0, 0.05) is 45.6 Å². The Morgan fingerprint density at radius 1 is 0.718 bits per heavy atom. The van der Waals surface area contributed by atoms with Crippen molar-refractivity contribution in [3.8, 4) is 0 Å². The number of piperidine rings is 2. The molecule has 2 fully saturated rings. The summed E-state index contributed by atoms with van der Waals surface area (Å²) in [6, 6.07) is 11.8. The zero-order valence-corrected chi connectivity index (χ0v) is 22.8. The van der Waals surface area contributed by atoms with Crippen LogP contribution < -0.4 is 10.6 Å². The third kappa shape index (κ3) is 5.58. The molecule has 8 nitrogen and oxygen atoms in total. The van der Waals surface area contributed by atoms with E-state index in [2.05, 4.69) is 56.9 Å². The summed E-state index contributed by atoms with van der Waals surface area (Å²) in [6.07, 6.45) is 8.52. The van der Waals surface area contributed by atoms with Gasteiger partial charge in [0.05, 0.1) is 0 Å². The number of hydrogen-bond acceptors (Lipinski definition) is 4. The fourth-order valence-corrected chi connectivity index (χ4v) is 6.31. The van der Waals surface area contributed by atoms with Crippen LogP contribution in [0.2, 0.25) is 0 Å². The summed E-state index contributed by atoms with van der Waals surface area (Å²) in [5.41, 5.74) is 6.19. The molecule has 0 aliphatic carbocycles. The molecule has 2 aliphatic heterocycles. The molecule has 0 radical (unpaired) electrons. The summed E-state index contributed by atoms with van der Waals surface area (Å²) < 4.78 is 0. The van der Waals surface area contributed by atoms with E-state index >= 15 is 0 Å². The van der Waals surface area contributed by atoms with E-state index in [0.29, 0.717) is 23.2 Å². The third-order valence-electron chi connectivity index (χ3n) is 8.63. The van der Waals surface area contributed by atoms with Gasteiger partial charge >= 0.3 is 0 Å². The molecule has 2 aromatic heterocycles. The molecule has 2 saturated heterocycles. The number of hydrogen-bond donors (Lipinski definition) is 4. The van der Waals surface area contributed by atoms with Gasteiger partial charge in [-0.05, 0) is 125 Å². The Morgan fingerprint density at radius 3 is 1.54 bits per heavy atom. The number of carbonyl (C=O) groups excluding carboxylic acids is 2. The quantitative estimate of drug-likeness (QED) is 0.259. The molecule has 8 heteroatoms. The van der Waals surface area contributed by atoms with Crippen LogP contribution in [0.15, 0.2) is 48.8 Å². The number of H-pyrrole nitrogens is 2. The molecule has 39 heavy (non-hydrogen) atoms. The standard InChI is InChI=1S/C31H38N6O2/c1-36-11-7-20(8-12-36)26-18-32-28-5-3-22(15-24(26)28)34-30(38)17-31(39)35-23-4-6-29-25(16-23)27(19-33-29)21-9-13-37(2)14-10-21/h3-6,15-16,18-21,32-33H,7-14,17H2,1-2H3,(H,34,38)(H,35,39). The van der Waals surface area contributed by atoms with E-state index in [1.807, 2.05) is 36.4 Å². The van der Waals surface area contributed by atoms with Crippen LogP contribution in [0.1, 0.15) is 55.1 Å². The number of carbonyl (C=O) groups is 2. The molecule has 0 unspecified atom stereocenters. The first-order valence-corrected chi connectivity index (χ1v) is 14.1. The average Bonchev–Trinajstić information content (AvgIpc) is 3.53. The van der Waals surface area contributed by atoms with E-state index in [4.69, 9.17) is 0 Å². The van der Waals surface area contributed by atoms with Gasteiger partial charge in [-0.25, -0.2) is 0 Å². The number of rotatable bonds is 6. The van der Waals surface area contributed by atoms with Crippen molar-refractivity contribution in [1.82, 2.24) is 19.8 Å². The number of fused-ring (bicyclic) bond motifs is 2. The molecule has 2 amide bonds. The zero-order chi connectivity index (χ0) is 26.9. The van der Waals surface area contributed by atoms with Crippen molar-refractivity contribution < 1.29 is 9.59 Å². The van der Waals surface area contributed by atoms with E-state index in [1.165, 1.54) is 11.1 Å². The second-order valence-electron chi connectivity index (χ2n) is 11.4. The van der Waals surface area contributed by atoms with Gasteiger partial charge in [-0.3, -0.25) is 9.59 Å². The van der Waals surface area contributed by atoms with Crippen LogP contribution in [0.5, 0.6) is 0 Å². The van der Waals surface area contributed by atoms with Crippen LogP contribution in [0.25, 0.3) is 21.8 Å². The number of likely N-dealkylation sites (tertiary alicyclic amines) is 2. The molecule has 0 bridgehead atoms. The van der Waals surface area contributed by atoms with Crippen molar-refractivity contribution in [3.63, 3.8) is 0 Å². The van der Waals surface area contributed by atoms with Gasteiger partial charge in [-0.1, -0.05) is 0 Å². The second kappa shape index (κ2) is 10.9. The number of nitrogens with one attached hydrogen (secondary N) is 4. The Hall–Kier alpha value is -3.62. The SMILES string of the molecule is CN1CCC(c2c[nH]c3ccc(NC(=O)CC(=O)Nc4ccc5[nH]cc(C6CCN(C)CC6)c5c4)cc23)CC1. The number of anilines is 2. The molecule has 4 aromatic rings. The van der Waals surface area contributed by atoms with E-state index < -0.39 is 0 Å². The van der Waals surface area contributed by atoms with Crippen molar-refractivity contribution in [2.75, 3.05) is 50.9 Å². The van der Waals surface area contributed by atoms with Crippen molar-refractivity contribution in [2.45, 2.75) is 43.9 Å². The molecular weight excluding hydrogens is 488 g/mol. The highest BCUT2D eigenvalue weighted by molar-refractivity contribution is 6.09. The predicted octanol–water partition coefficient (Wildman–Crippen LogP) is 5.23. The molecule has 204 valence electrons. The van der Waals surface area contributed by atoms with Gasteiger partial charge in [0.1, 0.15) is 6.42 Å². The average molecular weight is 527 g/mol. The Bertz CT molecular complexity index is 1380. The lowest BCUT2D eigenvalue weighted by Crippen LogP contribution is -2.29. The normalized spacial score (nSPS) is 18.1. The van der Waals surface area contributed by atoms with E-state index in [9.17, 15) is 9.59 Å². The molecule has 0 saturated carbocycles. The Kier molecular flexibility index (Phi) is 7.14. The van der Waals surface area contributed by atoms with E-state index in [1.54, 1.807) is 0 Å². The van der Waals surface area contributed by atoms with Crippen molar-refractivity contribution in [3.05, 3.63) is 59.9 Å². The lowest BCUT2D eigenvalue weighted by molar-refractivity contribution is -0.123. The lowest BCUT2D eigenvalue weighted by Gasteiger charge is -2.28. The fourth-order valence-electron chi connectivity index (χ4n) is 6.31. The first-order chi connectivity index (χ1) is 18.9. The summed E-state index contributed by atoms with van der Waals surface area (Å²) in [4.78, 5) is 37.0. The van der Waals surface area contributed by atoms with Crippen molar-refractivity contribution in [1.29, 1.82) is 0 Å². The van der Waals surface area contributed by atoms with Crippen LogP contribution in [-0.4, -0.2) is 71.9 Å². The van der Waals surface area contributed by atoms with Gasteiger partial charge in [0.25, 0.3) is 0 Å². The largest absolute Gasteiger partial charge is 0.361 e. The third-order valence-corrected chi connectivity index (χ3v) is 8.63. The summed E-state index contributed by atoms with van der Waals surface area (Å²) in [5.74, 6) is 0.393. The minimum atomic E-state index is -0.321. The van der Waals surface area contributed by atoms with Gasteiger partial charge in [-0.2, -0.15) is 0 Å². The molecule has 2 aliphatic rings. The second-order valence-corrected chi connectivity index (χ2v) is 11.4. The Balaban J connectivity index is 1.09. The Labute approximate surface area is 229 Å². The number of amides is 2. The van der Waals surface area contributed by atoms with Gasteiger partial charge in [-0.15, -0.1) is 0 Å². The number of aromatic nitrogens is 2. The van der Waals surface area contributed by atoms with Crippen molar-refractivity contribution >= 4 is 45.0 Å². The molecular formula is C31H38N6O2. The fraction of sp³-hybridized carbons (Fsp3) is 0.419. The highest BCUT2D eigenvalue weighted by atomic mass is 16.2. The predicted molar refractivity (Wildman–Crippen MR) is 157 cm³/mol. The van der Waals surface area contributed by atoms with Crippen LogP contribution >= 0.6 is 0 Å². The molecule has 6 rings (SSSR count). The zero-order valence-electron chi connectivity index (χ0n) is 22.8. The number of aromatic amines is 2. The minimum absolute atomic E-state index is 0.236. The van der Waals surface area contributed by atoms with Crippen LogP contribution in [0, 0.1) is 0 Å². The van der Waals surface area contributed by atoms with Gasteiger partial charge in [0.2, 0.25) is 11.8 Å². The number of nitrogens with zero attached hydrogens (tertiary/aromatic N) is 2. The van der Waals surface area contributed by atoms with Gasteiger partial charge < -0.3 is 30.4 Å². The monoisotopic (exact) mass is 526 g/mol. The Morgan fingerprint density at radius 2 is 1.13 bits per heavy atom. The molecule has 4 heterocycles. The summed E-state index contributed by atoms with van der Waals surface area (Å²) in [6.45, 7) is 4.39. The molecule has 0 atom stereocenters. The van der Waals surface area contributed by atoms with Crippen LogP contribution in [0.3, 0.4) is 0 Å². The number of benzene rings is 2.